The molecule has 1 heterocycles. The van der Waals surface area contributed by atoms with Crippen LogP contribution in [0.3, 0.4) is 0 Å². The number of hydrogen-bond acceptors (Lipinski definition) is 2. The van der Waals surface area contributed by atoms with Crippen molar-refractivity contribution in [3.63, 3.8) is 0 Å². The number of nitrogens with zero attached hydrogens (tertiary/aromatic N) is 2. The minimum absolute atomic E-state index is 0.488. The van der Waals surface area contributed by atoms with E-state index >= 15 is 0 Å². The molecule has 0 atom stereocenters. The summed E-state index contributed by atoms with van der Waals surface area (Å²) >= 11 is 0. The van der Waals surface area contributed by atoms with Gasteiger partial charge in [0.05, 0.1) is 5.69 Å². The average molecular weight is 263 g/mol. The predicted molar refractivity (Wildman–Crippen MR) is 80.4 cm³/mol. The van der Waals surface area contributed by atoms with Crippen LogP contribution in [0.4, 0.5) is 0 Å². The van der Waals surface area contributed by atoms with Crippen molar-refractivity contribution < 1.29 is 0 Å². The predicted octanol–water partition coefficient (Wildman–Crippen LogP) is 3.18. The molecule has 1 aliphatic rings. The summed E-state index contributed by atoms with van der Waals surface area (Å²) in [6, 6.07) is 2.90. The molecule has 0 spiro atoms. The monoisotopic (exact) mass is 263 g/mol. The van der Waals surface area contributed by atoms with Gasteiger partial charge >= 0.3 is 0 Å². The number of aromatic nitrogens is 2. The Morgan fingerprint density at radius 2 is 2.11 bits per heavy atom. The van der Waals surface area contributed by atoms with E-state index in [0.29, 0.717) is 11.5 Å². The van der Waals surface area contributed by atoms with Crippen LogP contribution in [0.15, 0.2) is 6.07 Å². The fourth-order valence-corrected chi connectivity index (χ4v) is 3.00. The van der Waals surface area contributed by atoms with Crippen molar-refractivity contribution in [1.29, 1.82) is 0 Å². The third-order valence-corrected chi connectivity index (χ3v) is 4.43. The highest BCUT2D eigenvalue weighted by molar-refractivity contribution is 5.14. The normalized spacial score (nSPS) is 17.7. The van der Waals surface area contributed by atoms with Gasteiger partial charge in [-0.15, -0.1) is 0 Å². The van der Waals surface area contributed by atoms with Crippen molar-refractivity contribution >= 4 is 0 Å². The van der Waals surface area contributed by atoms with Crippen LogP contribution < -0.4 is 5.32 Å². The van der Waals surface area contributed by atoms with E-state index in [9.17, 15) is 0 Å². The fourth-order valence-electron chi connectivity index (χ4n) is 3.00. The first-order valence-corrected chi connectivity index (χ1v) is 7.87. The van der Waals surface area contributed by atoms with Gasteiger partial charge < -0.3 is 5.32 Å². The third-order valence-electron chi connectivity index (χ3n) is 4.43. The number of hydrogen-bond donors (Lipinski definition) is 1. The van der Waals surface area contributed by atoms with E-state index in [1.54, 1.807) is 0 Å². The molecule has 2 rings (SSSR count). The summed E-state index contributed by atoms with van der Waals surface area (Å²) in [6.45, 7) is 11.0. The Balaban J connectivity index is 2.07. The molecule has 1 N–H and O–H groups in total. The number of rotatable bonds is 7. The molecule has 1 aromatic rings. The summed E-state index contributed by atoms with van der Waals surface area (Å²) in [5.41, 5.74) is 3.16. The molecular weight excluding hydrogens is 234 g/mol. The molecule has 0 radical (unpaired) electrons. The maximum absolute atomic E-state index is 4.68. The van der Waals surface area contributed by atoms with E-state index in [1.165, 1.54) is 37.1 Å². The molecular formula is C16H29N3. The van der Waals surface area contributed by atoms with E-state index in [0.717, 1.165) is 19.5 Å². The van der Waals surface area contributed by atoms with Crippen LogP contribution in [0.2, 0.25) is 0 Å². The van der Waals surface area contributed by atoms with Gasteiger partial charge in [0.1, 0.15) is 0 Å². The summed E-state index contributed by atoms with van der Waals surface area (Å²) < 4.78 is 2.20. The van der Waals surface area contributed by atoms with E-state index in [2.05, 4.69) is 48.9 Å². The average Bonchev–Trinajstić information content (AvgIpc) is 2.74. The summed E-state index contributed by atoms with van der Waals surface area (Å²) in [4.78, 5) is 0. The van der Waals surface area contributed by atoms with Gasteiger partial charge in [-0.1, -0.05) is 27.2 Å². The topological polar surface area (TPSA) is 29.9 Å². The standard InChI is InChI=1S/C16H29N3/c1-5-14-10-15(19(6-2)18-14)11-16(8-7-9-16)12-17-13(3)4/h10,13,17H,5-9,11-12H2,1-4H3. The lowest BCUT2D eigenvalue weighted by atomic mass is 9.66. The molecule has 0 unspecified atom stereocenters. The first kappa shape index (κ1) is 14.6. The maximum Gasteiger partial charge on any atom is 0.0624 e. The Hall–Kier alpha value is -0.830. The van der Waals surface area contributed by atoms with Crippen LogP contribution in [-0.2, 0) is 19.4 Å². The molecule has 1 aliphatic carbocycles. The molecule has 0 bridgehead atoms. The zero-order valence-electron chi connectivity index (χ0n) is 13.0. The first-order chi connectivity index (χ1) is 9.08. The van der Waals surface area contributed by atoms with Crippen molar-refractivity contribution in [3.05, 3.63) is 17.5 Å². The van der Waals surface area contributed by atoms with Crippen LogP contribution in [0.25, 0.3) is 0 Å². The molecule has 3 nitrogen and oxygen atoms in total. The lowest BCUT2D eigenvalue weighted by Gasteiger charge is -2.43. The van der Waals surface area contributed by atoms with Gasteiger partial charge in [0.2, 0.25) is 0 Å². The molecule has 0 aliphatic heterocycles. The highest BCUT2D eigenvalue weighted by Gasteiger charge is 2.37. The van der Waals surface area contributed by atoms with Crippen molar-refractivity contribution in [3.8, 4) is 0 Å². The van der Waals surface area contributed by atoms with E-state index in [1.807, 2.05) is 0 Å². The molecule has 0 amide bonds. The summed E-state index contributed by atoms with van der Waals surface area (Å²) in [5.74, 6) is 0. The van der Waals surface area contributed by atoms with Gasteiger partial charge in [0, 0.05) is 24.8 Å². The lowest BCUT2D eigenvalue weighted by molar-refractivity contribution is 0.123. The van der Waals surface area contributed by atoms with Crippen LogP contribution in [0, 0.1) is 5.41 Å². The second kappa shape index (κ2) is 6.08. The van der Waals surface area contributed by atoms with Crippen molar-refractivity contribution in [2.24, 2.45) is 5.41 Å². The number of nitrogens with one attached hydrogen (secondary N) is 1. The maximum atomic E-state index is 4.68. The largest absolute Gasteiger partial charge is 0.314 e. The molecule has 3 heteroatoms. The van der Waals surface area contributed by atoms with Crippen LogP contribution in [0.1, 0.15) is 58.3 Å². The summed E-state index contributed by atoms with van der Waals surface area (Å²) in [7, 11) is 0. The van der Waals surface area contributed by atoms with Crippen molar-refractivity contribution in [2.75, 3.05) is 6.54 Å². The second-order valence-electron chi connectivity index (χ2n) is 6.36. The van der Waals surface area contributed by atoms with Crippen molar-refractivity contribution in [1.82, 2.24) is 15.1 Å². The van der Waals surface area contributed by atoms with Gasteiger partial charge in [0.15, 0.2) is 0 Å². The Morgan fingerprint density at radius 1 is 1.37 bits per heavy atom. The Labute approximate surface area is 117 Å². The SMILES string of the molecule is CCc1cc(CC2(CNC(C)C)CCC2)n(CC)n1. The summed E-state index contributed by atoms with van der Waals surface area (Å²) in [5, 5.41) is 8.32. The molecule has 19 heavy (non-hydrogen) atoms. The first-order valence-electron chi connectivity index (χ1n) is 7.87. The smallest absolute Gasteiger partial charge is 0.0624 e. The molecule has 1 saturated carbocycles. The summed E-state index contributed by atoms with van der Waals surface area (Å²) in [6.07, 6.45) is 6.34. The van der Waals surface area contributed by atoms with Crippen LogP contribution >= 0.6 is 0 Å². The zero-order valence-corrected chi connectivity index (χ0v) is 13.0. The minimum atomic E-state index is 0.488. The minimum Gasteiger partial charge on any atom is -0.314 e. The number of aryl methyl sites for hydroxylation is 2. The highest BCUT2D eigenvalue weighted by atomic mass is 15.3. The second-order valence-corrected chi connectivity index (χ2v) is 6.36. The van der Waals surface area contributed by atoms with Gasteiger partial charge in [-0.05, 0) is 44.1 Å². The Morgan fingerprint density at radius 3 is 2.58 bits per heavy atom. The third kappa shape index (κ3) is 3.38. The molecule has 0 aromatic carbocycles. The molecule has 1 fully saturated rings. The van der Waals surface area contributed by atoms with Crippen LogP contribution in [0.5, 0.6) is 0 Å². The molecule has 0 saturated heterocycles. The Bertz CT molecular complexity index is 402. The van der Waals surface area contributed by atoms with E-state index < -0.39 is 0 Å². The van der Waals surface area contributed by atoms with E-state index in [4.69, 9.17) is 0 Å². The van der Waals surface area contributed by atoms with Gasteiger partial charge in [-0.25, -0.2) is 0 Å². The fraction of sp³-hybridized carbons (Fsp3) is 0.812. The highest BCUT2D eigenvalue weighted by Crippen LogP contribution is 2.43. The van der Waals surface area contributed by atoms with Crippen molar-refractivity contribution in [2.45, 2.75) is 72.4 Å². The molecule has 108 valence electrons. The molecule has 1 aromatic heterocycles. The van der Waals surface area contributed by atoms with Gasteiger partial charge in [-0.3, -0.25) is 4.68 Å². The van der Waals surface area contributed by atoms with Crippen LogP contribution in [-0.4, -0.2) is 22.4 Å². The van der Waals surface area contributed by atoms with Gasteiger partial charge in [-0.2, -0.15) is 5.10 Å². The Kier molecular flexibility index (Phi) is 4.67. The zero-order chi connectivity index (χ0) is 13.9. The van der Waals surface area contributed by atoms with Gasteiger partial charge in [0.25, 0.3) is 0 Å². The van der Waals surface area contributed by atoms with E-state index in [-0.39, 0.29) is 0 Å². The lowest BCUT2D eigenvalue weighted by Crippen LogP contribution is -2.44. The quantitative estimate of drug-likeness (QED) is 0.819.